The normalized spacial score (nSPS) is 13.4. The zero-order valence-corrected chi connectivity index (χ0v) is 12.3. The average Bonchev–Trinajstić information content (AvgIpc) is 2.38. The number of rotatable bonds is 8. The Balaban J connectivity index is 2.54. The first-order valence-corrected chi connectivity index (χ1v) is 8.36. The van der Waals surface area contributed by atoms with E-state index >= 15 is 0 Å². The summed E-state index contributed by atoms with van der Waals surface area (Å²) in [6, 6.07) is 5.38. The molecule has 1 rings (SSSR count). The van der Waals surface area contributed by atoms with Crippen molar-refractivity contribution in [2.24, 2.45) is 0 Å². The summed E-state index contributed by atoms with van der Waals surface area (Å²) in [5, 5.41) is 3.32. The Morgan fingerprint density at radius 2 is 1.84 bits per heavy atom. The van der Waals surface area contributed by atoms with Gasteiger partial charge in [0.15, 0.2) is 9.84 Å². The molecule has 0 spiro atoms. The van der Waals surface area contributed by atoms with E-state index in [4.69, 9.17) is 0 Å². The van der Waals surface area contributed by atoms with Crippen molar-refractivity contribution in [3.05, 3.63) is 30.1 Å². The van der Waals surface area contributed by atoms with Gasteiger partial charge in [-0.05, 0) is 50.1 Å². The Morgan fingerprint density at radius 3 is 2.37 bits per heavy atom. The number of benzene rings is 1. The summed E-state index contributed by atoms with van der Waals surface area (Å²) in [4.78, 5) is 0.199. The predicted molar refractivity (Wildman–Crippen MR) is 75.4 cm³/mol. The molecule has 1 N–H and O–H groups in total. The van der Waals surface area contributed by atoms with Gasteiger partial charge in [0.1, 0.15) is 5.82 Å². The van der Waals surface area contributed by atoms with Crippen LogP contribution in [0.4, 0.5) is 4.39 Å². The zero-order valence-electron chi connectivity index (χ0n) is 11.5. The van der Waals surface area contributed by atoms with Gasteiger partial charge in [-0.2, -0.15) is 0 Å². The van der Waals surface area contributed by atoms with Gasteiger partial charge in [-0.15, -0.1) is 0 Å². The fourth-order valence-electron chi connectivity index (χ4n) is 2.02. The van der Waals surface area contributed by atoms with Gasteiger partial charge >= 0.3 is 0 Å². The topological polar surface area (TPSA) is 46.2 Å². The fraction of sp³-hybridized carbons (Fsp3) is 0.571. The minimum Gasteiger partial charge on any atom is -0.314 e. The highest BCUT2D eigenvalue weighted by Crippen LogP contribution is 2.14. The van der Waals surface area contributed by atoms with E-state index in [9.17, 15) is 12.8 Å². The number of nitrogens with one attached hydrogen (secondary N) is 1. The van der Waals surface area contributed by atoms with Crippen molar-refractivity contribution in [1.82, 2.24) is 5.32 Å². The van der Waals surface area contributed by atoms with Crippen LogP contribution >= 0.6 is 0 Å². The minimum atomic E-state index is -3.29. The molecule has 5 heteroatoms. The van der Waals surface area contributed by atoms with Gasteiger partial charge in [0.2, 0.25) is 0 Å². The first kappa shape index (κ1) is 16.1. The summed E-state index contributed by atoms with van der Waals surface area (Å²) in [5.41, 5.74) is 0. The van der Waals surface area contributed by atoms with Crippen LogP contribution in [0.5, 0.6) is 0 Å². The lowest BCUT2D eigenvalue weighted by Crippen LogP contribution is -2.28. The average molecular weight is 287 g/mol. The highest BCUT2D eigenvalue weighted by molar-refractivity contribution is 7.91. The van der Waals surface area contributed by atoms with Gasteiger partial charge in [0, 0.05) is 6.04 Å². The minimum absolute atomic E-state index is 0.112. The Morgan fingerprint density at radius 1 is 1.21 bits per heavy atom. The summed E-state index contributed by atoms with van der Waals surface area (Å²) in [7, 11) is -3.29. The number of hydrogen-bond acceptors (Lipinski definition) is 3. The third kappa shape index (κ3) is 5.28. The second-order valence-corrected chi connectivity index (χ2v) is 6.69. The zero-order chi connectivity index (χ0) is 14.3. The van der Waals surface area contributed by atoms with E-state index in [1.54, 1.807) is 0 Å². The predicted octanol–water partition coefficient (Wildman–Crippen LogP) is 2.77. The summed E-state index contributed by atoms with van der Waals surface area (Å²) in [5.74, 6) is -0.308. The lowest BCUT2D eigenvalue weighted by Gasteiger charge is -2.15. The van der Waals surface area contributed by atoms with Crippen molar-refractivity contribution in [2.75, 3.05) is 12.3 Å². The molecule has 1 atom stereocenters. The van der Waals surface area contributed by atoms with Crippen LogP contribution in [0.15, 0.2) is 29.2 Å². The summed E-state index contributed by atoms with van der Waals surface area (Å²) >= 11 is 0. The molecule has 1 aromatic carbocycles. The van der Waals surface area contributed by atoms with Gasteiger partial charge in [0.25, 0.3) is 0 Å². The second kappa shape index (κ2) is 7.60. The maximum absolute atomic E-state index is 12.8. The molecule has 0 bridgehead atoms. The molecule has 0 radical (unpaired) electrons. The Kier molecular flexibility index (Phi) is 6.45. The molecule has 0 aliphatic carbocycles. The van der Waals surface area contributed by atoms with Crippen LogP contribution in [0.2, 0.25) is 0 Å². The first-order valence-electron chi connectivity index (χ1n) is 6.71. The quantitative estimate of drug-likeness (QED) is 0.748. The molecule has 0 amide bonds. The van der Waals surface area contributed by atoms with Crippen LogP contribution in [0.25, 0.3) is 0 Å². The van der Waals surface area contributed by atoms with Gasteiger partial charge in [-0.1, -0.05) is 13.8 Å². The van der Waals surface area contributed by atoms with E-state index < -0.39 is 15.7 Å². The molecule has 0 saturated carbocycles. The molecule has 0 fully saturated rings. The van der Waals surface area contributed by atoms with Crippen molar-refractivity contribution < 1.29 is 12.8 Å². The van der Waals surface area contributed by atoms with Crippen molar-refractivity contribution in [2.45, 2.75) is 44.0 Å². The summed E-state index contributed by atoms with van der Waals surface area (Å²) in [6.07, 6.45) is 2.44. The molecule has 19 heavy (non-hydrogen) atoms. The SMILES string of the molecule is CCNC(CC)CCCS(=O)(=O)c1ccc(F)cc1. The molecule has 0 aliphatic rings. The molecule has 3 nitrogen and oxygen atoms in total. The molecule has 0 saturated heterocycles. The standard InChI is InChI=1S/C14H22FNO2S/c1-3-13(16-4-2)6-5-11-19(17,18)14-9-7-12(15)8-10-14/h7-10,13,16H,3-6,11H2,1-2H3. The van der Waals surface area contributed by atoms with E-state index in [1.807, 2.05) is 6.92 Å². The summed E-state index contributed by atoms with van der Waals surface area (Å²) in [6.45, 7) is 5.02. The fourth-order valence-corrected chi connectivity index (χ4v) is 3.35. The highest BCUT2D eigenvalue weighted by atomic mass is 32.2. The van der Waals surface area contributed by atoms with Crippen LogP contribution in [0.1, 0.15) is 33.1 Å². The lowest BCUT2D eigenvalue weighted by atomic mass is 10.1. The molecule has 0 heterocycles. The molecular formula is C14H22FNO2S. The van der Waals surface area contributed by atoms with E-state index in [1.165, 1.54) is 24.3 Å². The van der Waals surface area contributed by atoms with Gasteiger partial charge in [0.05, 0.1) is 10.6 Å². The van der Waals surface area contributed by atoms with Crippen molar-refractivity contribution in [1.29, 1.82) is 0 Å². The summed E-state index contributed by atoms with van der Waals surface area (Å²) < 4.78 is 36.8. The van der Waals surface area contributed by atoms with E-state index in [-0.39, 0.29) is 10.6 Å². The Hall–Kier alpha value is -0.940. The molecule has 0 aliphatic heterocycles. The molecule has 108 valence electrons. The largest absolute Gasteiger partial charge is 0.314 e. The van der Waals surface area contributed by atoms with E-state index in [0.29, 0.717) is 12.5 Å². The van der Waals surface area contributed by atoms with Crippen LogP contribution in [-0.2, 0) is 9.84 Å². The Labute approximate surface area is 115 Å². The third-order valence-corrected chi connectivity index (χ3v) is 4.94. The van der Waals surface area contributed by atoms with E-state index in [0.717, 1.165) is 19.4 Å². The number of sulfone groups is 1. The lowest BCUT2D eigenvalue weighted by molar-refractivity contribution is 0.475. The number of hydrogen-bond donors (Lipinski definition) is 1. The van der Waals surface area contributed by atoms with Crippen LogP contribution < -0.4 is 5.32 Å². The highest BCUT2D eigenvalue weighted by Gasteiger charge is 2.15. The van der Waals surface area contributed by atoms with Gasteiger partial charge in [-0.25, -0.2) is 12.8 Å². The first-order chi connectivity index (χ1) is 8.99. The van der Waals surface area contributed by atoms with Gasteiger partial charge < -0.3 is 5.32 Å². The van der Waals surface area contributed by atoms with Crippen molar-refractivity contribution in [3.63, 3.8) is 0 Å². The second-order valence-electron chi connectivity index (χ2n) is 4.58. The van der Waals surface area contributed by atoms with Gasteiger partial charge in [-0.3, -0.25) is 0 Å². The van der Waals surface area contributed by atoms with Crippen LogP contribution in [0.3, 0.4) is 0 Å². The van der Waals surface area contributed by atoms with Crippen molar-refractivity contribution in [3.8, 4) is 0 Å². The molecule has 1 unspecified atom stereocenters. The smallest absolute Gasteiger partial charge is 0.178 e. The van der Waals surface area contributed by atoms with Crippen molar-refractivity contribution >= 4 is 9.84 Å². The van der Waals surface area contributed by atoms with E-state index in [2.05, 4.69) is 12.2 Å². The van der Waals surface area contributed by atoms with Crippen LogP contribution in [-0.4, -0.2) is 26.8 Å². The molecular weight excluding hydrogens is 265 g/mol. The molecule has 0 aromatic heterocycles. The third-order valence-electron chi connectivity index (χ3n) is 3.12. The Bertz CT molecular complexity index is 471. The van der Waals surface area contributed by atoms with Crippen LogP contribution in [0, 0.1) is 5.82 Å². The monoisotopic (exact) mass is 287 g/mol. The molecule has 1 aromatic rings. The maximum atomic E-state index is 12.8. The maximum Gasteiger partial charge on any atom is 0.178 e. The number of halogens is 1.